The molecular weight excluding hydrogens is 258 g/mol. The lowest BCUT2D eigenvalue weighted by Crippen LogP contribution is -2.26. The molecule has 96 valence electrons. The van der Waals surface area contributed by atoms with Gasteiger partial charge in [0.2, 0.25) is 0 Å². The molecule has 1 aromatic rings. The average Bonchev–Trinajstić information content (AvgIpc) is 2.29. The molecule has 0 fully saturated rings. The van der Waals surface area contributed by atoms with E-state index < -0.39 is 9.84 Å². The number of sulfone groups is 1. The summed E-state index contributed by atoms with van der Waals surface area (Å²) >= 11 is 6.06. The van der Waals surface area contributed by atoms with E-state index in [0.717, 1.165) is 5.56 Å². The molecule has 0 aliphatic heterocycles. The predicted molar refractivity (Wildman–Crippen MR) is 72.2 cm³/mol. The van der Waals surface area contributed by atoms with Gasteiger partial charge in [0.15, 0.2) is 9.84 Å². The normalized spacial score (nSPS) is 13.6. The highest BCUT2D eigenvalue weighted by Crippen LogP contribution is 2.21. The molecule has 5 heteroatoms. The molecular formula is C12H18ClNO2S. The van der Waals surface area contributed by atoms with Crippen molar-refractivity contribution in [1.29, 1.82) is 0 Å². The van der Waals surface area contributed by atoms with Gasteiger partial charge < -0.3 is 5.32 Å². The molecule has 0 saturated heterocycles. The summed E-state index contributed by atoms with van der Waals surface area (Å²) in [6, 6.07) is 7.62. The first-order valence-corrected chi connectivity index (χ1v) is 7.84. The van der Waals surface area contributed by atoms with E-state index in [2.05, 4.69) is 5.32 Å². The van der Waals surface area contributed by atoms with Crippen molar-refractivity contribution in [2.45, 2.75) is 19.9 Å². The first-order chi connectivity index (χ1) is 7.96. The molecule has 0 aliphatic rings. The highest BCUT2D eigenvalue weighted by molar-refractivity contribution is 7.91. The molecule has 1 N–H and O–H groups in total. The van der Waals surface area contributed by atoms with Crippen molar-refractivity contribution in [3.05, 3.63) is 34.9 Å². The lowest BCUT2D eigenvalue weighted by Gasteiger charge is -2.15. The molecule has 0 aliphatic carbocycles. The van der Waals surface area contributed by atoms with Gasteiger partial charge in [-0.15, -0.1) is 0 Å². The van der Waals surface area contributed by atoms with Crippen molar-refractivity contribution in [2.24, 2.45) is 0 Å². The third kappa shape index (κ3) is 4.66. The maximum absolute atomic E-state index is 11.3. The van der Waals surface area contributed by atoms with E-state index in [9.17, 15) is 8.42 Å². The summed E-state index contributed by atoms with van der Waals surface area (Å²) in [5.74, 6) is 0.355. The molecule has 0 bridgehead atoms. The summed E-state index contributed by atoms with van der Waals surface area (Å²) in [6.07, 6.45) is 0. The molecule has 0 aromatic heterocycles. The van der Waals surface area contributed by atoms with Crippen LogP contribution in [0.3, 0.4) is 0 Å². The van der Waals surface area contributed by atoms with Gasteiger partial charge in [-0.1, -0.05) is 36.7 Å². The van der Waals surface area contributed by atoms with Gasteiger partial charge in [-0.3, -0.25) is 0 Å². The van der Waals surface area contributed by atoms with Crippen LogP contribution in [-0.4, -0.2) is 26.5 Å². The van der Waals surface area contributed by atoms with Crippen LogP contribution in [0.2, 0.25) is 5.02 Å². The third-order valence-corrected chi connectivity index (χ3v) is 4.73. The molecule has 17 heavy (non-hydrogen) atoms. The largest absolute Gasteiger partial charge is 0.309 e. The Bertz CT molecular complexity index is 459. The second kappa shape index (κ2) is 6.38. The van der Waals surface area contributed by atoms with Gasteiger partial charge in [-0.2, -0.15) is 0 Å². The number of hydrogen-bond donors (Lipinski definition) is 1. The van der Waals surface area contributed by atoms with Crippen molar-refractivity contribution in [1.82, 2.24) is 5.32 Å². The Labute approximate surface area is 108 Å². The summed E-state index contributed by atoms with van der Waals surface area (Å²) in [6.45, 7) is 4.08. The predicted octanol–water partition coefficient (Wildman–Crippen LogP) is 2.43. The van der Waals surface area contributed by atoms with E-state index in [1.165, 1.54) is 0 Å². The van der Waals surface area contributed by atoms with E-state index in [0.29, 0.717) is 11.6 Å². The van der Waals surface area contributed by atoms with E-state index in [1.807, 2.05) is 31.2 Å². The van der Waals surface area contributed by atoms with E-state index in [1.54, 1.807) is 6.92 Å². The zero-order chi connectivity index (χ0) is 12.9. The second-order valence-electron chi connectivity index (χ2n) is 3.93. The molecule has 0 spiro atoms. The molecule has 0 unspecified atom stereocenters. The maximum atomic E-state index is 11.3. The molecule has 0 heterocycles. The van der Waals surface area contributed by atoms with Crippen LogP contribution in [0.25, 0.3) is 0 Å². The first-order valence-electron chi connectivity index (χ1n) is 5.64. The Kier molecular flexibility index (Phi) is 5.43. The summed E-state index contributed by atoms with van der Waals surface area (Å²) in [5.41, 5.74) is 0.989. The highest BCUT2D eigenvalue weighted by Gasteiger charge is 2.11. The smallest absolute Gasteiger partial charge is 0.151 e. The Balaban J connectivity index is 2.51. The van der Waals surface area contributed by atoms with E-state index >= 15 is 0 Å². The third-order valence-electron chi connectivity index (χ3n) is 2.68. The number of rotatable bonds is 6. The summed E-state index contributed by atoms with van der Waals surface area (Å²) in [4.78, 5) is 0. The number of hydrogen-bond acceptors (Lipinski definition) is 3. The second-order valence-corrected chi connectivity index (χ2v) is 6.81. The first kappa shape index (κ1) is 14.5. The zero-order valence-corrected chi connectivity index (χ0v) is 11.7. The van der Waals surface area contributed by atoms with Crippen molar-refractivity contribution in [3.8, 4) is 0 Å². The van der Waals surface area contributed by atoms with Crippen LogP contribution in [0.4, 0.5) is 0 Å². The maximum Gasteiger partial charge on any atom is 0.151 e. The number of nitrogens with one attached hydrogen (secondary N) is 1. The van der Waals surface area contributed by atoms with Crippen molar-refractivity contribution >= 4 is 21.4 Å². The molecule has 0 radical (unpaired) electrons. The fourth-order valence-corrected chi connectivity index (χ4v) is 2.53. The minimum absolute atomic E-state index is 0.0516. The van der Waals surface area contributed by atoms with Gasteiger partial charge in [0.1, 0.15) is 0 Å². The Morgan fingerprint density at radius 1 is 1.35 bits per heavy atom. The van der Waals surface area contributed by atoms with Crippen LogP contribution < -0.4 is 5.32 Å². The Morgan fingerprint density at radius 2 is 2.00 bits per heavy atom. The lowest BCUT2D eigenvalue weighted by molar-refractivity contribution is 0.573. The van der Waals surface area contributed by atoms with Crippen LogP contribution in [0, 0.1) is 0 Å². The quantitative estimate of drug-likeness (QED) is 0.867. The molecule has 3 nitrogen and oxygen atoms in total. The molecule has 0 saturated carbocycles. The van der Waals surface area contributed by atoms with Crippen LogP contribution >= 0.6 is 11.6 Å². The lowest BCUT2D eigenvalue weighted by atomic mass is 10.1. The van der Waals surface area contributed by atoms with Crippen molar-refractivity contribution in [3.63, 3.8) is 0 Å². The standard InChI is InChI=1S/C12H18ClNO2S/c1-3-17(15,16)9-8-14-10(2)11-6-4-5-7-12(11)13/h4-7,10,14H,3,8-9H2,1-2H3/t10-/m1/s1. The Hall–Kier alpha value is -0.580. The SMILES string of the molecule is CCS(=O)(=O)CCN[C@H](C)c1ccccc1Cl. The van der Waals surface area contributed by atoms with Crippen LogP contribution in [0.1, 0.15) is 25.5 Å². The number of benzene rings is 1. The van der Waals surface area contributed by atoms with Crippen LogP contribution in [-0.2, 0) is 9.84 Å². The zero-order valence-electron chi connectivity index (χ0n) is 10.1. The van der Waals surface area contributed by atoms with Crippen LogP contribution in [0.15, 0.2) is 24.3 Å². The molecule has 1 rings (SSSR count). The van der Waals surface area contributed by atoms with Gasteiger partial charge in [-0.25, -0.2) is 8.42 Å². The fraction of sp³-hybridized carbons (Fsp3) is 0.500. The van der Waals surface area contributed by atoms with Gasteiger partial charge >= 0.3 is 0 Å². The van der Waals surface area contributed by atoms with Gasteiger partial charge in [-0.05, 0) is 18.6 Å². The summed E-state index contributed by atoms with van der Waals surface area (Å²) in [7, 11) is -2.90. The topological polar surface area (TPSA) is 46.2 Å². The number of halogens is 1. The van der Waals surface area contributed by atoms with Gasteiger partial charge in [0.05, 0.1) is 5.75 Å². The van der Waals surface area contributed by atoms with Crippen LogP contribution in [0.5, 0.6) is 0 Å². The summed E-state index contributed by atoms with van der Waals surface area (Å²) in [5, 5.41) is 3.87. The Morgan fingerprint density at radius 3 is 2.59 bits per heavy atom. The summed E-state index contributed by atoms with van der Waals surface area (Å²) < 4.78 is 22.6. The monoisotopic (exact) mass is 275 g/mol. The highest BCUT2D eigenvalue weighted by atomic mass is 35.5. The average molecular weight is 276 g/mol. The minimum Gasteiger partial charge on any atom is -0.309 e. The molecule has 0 amide bonds. The van der Waals surface area contributed by atoms with Gasteiger partial charge in [0.25, 0.3) is 0 Å². The van der Waals surface area contributed by atoms with Crippen molar-refractivity contribution < 1.29 is 8.42 Å². The molecule has 1 aromatic carbocycles. The van der Waals surface area contributed by atoms with E-state index in [4.69, 9.17) is 11.6 Å². The van der Waals surface area contributed by atoms with Gasteiger partial charge in [0, 0.05) is 23.4 Å². The molecule has 1 atom stereocenters. The fourth-order valence-electron chi connectivity index (χ4n) is 1.51. The van der Waals surface area contributed by atoms with Crippen molar-refractivity contribution in [2.75, 3.05) is 18.1 Å². The minimum atomic E-state index is -2.90. The van der Waals surface area contributed by atoms with E-state index in [-0.39, 0.29) is 17.5 Å².